The number of rotatable bonds is 5. The van der Waals surface area contributed by atoms with Crippen molar-refractivity contribution in [3.8, 4) is 11.4 Å². The third-order valence-electron chi connectivity index (χ3n) is 10.5. The van der Waals surface area contributed by atoms with E-state index in [-0.39, 0.29) is 0 Å². The first-order valence-corrected chi connectivity index (χ1v) is 18.5. The van der Waals surface area contributed by atoms with Gasteiger partial charge < -0.3 is 14.0 Å². The van der Waals surface area contributed by atoms with Crippen LogP contribution in [0.25, 0.3) is 75.2 Å². The quantitative estimate of drug-likeness (QED) is 0.176. The Bertz CT molecular complexity index is 3080. The van der Waals surface area contributed by atoms with Crippen LogP contribution in [0.3, 0.4) is 0 Å². The molecule has 52 heavy (non-hydrogen) atoms. The van der Waals surface area contributed by atoms with E-state index in [1.165, 1.54) is 69.5 Å². The molecule has 11 rings (SSSR count). The van der Waals surface area contributed by atoms with Crippen molar-refractivity contribution in [1.82, 2.24) is 9.13 Å². The van der Waals surface area contributed by atoms with Crippen molar-refractivity contribution in [3.05, 3.63) is 188 Å². The van der Waals surface area contributed by atoms with Crippen LogP contribution in [0.15, 0.2) is 188 Å². The van der Waals surface area contributed by atoms with Crippen LogP contribution in [-0.4, -0.2) is 9.13 Å². The Hall–Kier alpha value is -6.62. The fourth-order valence-corrected chi connectivity index (χ4v) is 9.40. The number of thiophene rings is 1. The van der Waals surface area contributed by atoms with E-state index in [4.69, 9.17) is 0 Å². The molecular formula is C48H31N3S. The Morgan fingerprint density at radius 1 is 0.346 bits per heavy atom. The number of hydrogen-bond donors (Lipinski definition) is 0. The molecular weight excluding hydrogens is 651 g/mol. The summed E-state index contributed by atoms with van der Waals surface area (Å²) in [4.78, 5) is 2.45. The summed E-state index contributed by atoms with van der Waals surface area (Å²) in [6.45, 7) is 0. The van der Waals surface area contributed by atoms with Gasteiger partial charge in [0, 0.05) is 64.5 Å². The molecule has 0 fully saturated rings. The summed E-state index contributed by atoms with van der Waals surface area (Å²) in [7, 11) is 0. The fraction of sp³-hybridized carbons (Fsp3) is 0. The zero-order valence-corrected chi connectivity index (χ0v) is 29.0. The normalized spacial score (nSPS) is 11.8. The predicted octanol–water partition coefficient (Wildman–Crippen LogP) is 13.7. The van der Waals surface area contributed by atoms with Gasteiger partial charge in [0.25, 0.3) is 0 Å². The molecule has 3 heterocycles. The largest absolute Gasteiger partial charge is 0.310 e. The van der Waals surface area contributed by atoms with Crippen LogP contribution in [0.4, 0.5) is 17.1 Å². The second kappa shape index (κ2) is 11.5. The van der Waals surface area contributed by atoms with Gasteiger partial charge in [-0.05, 0) is 91.0 Å². The van der Waals surface area contributed by atoms with E-state index in [2.05, 4.69) is 202 Å². The maximum absolute atomic E-state index is 2.45. The number of aromatic nitrogens is 2. The van der Waals surface area contributed by atoms with Crippen molar-refractivity contribution in [2.45, 2.75) is 0 Å². The van der Waals surface area contributed by atoms with Crippen LogP contribution in [0.2, 0.25) is 0 Å². The standard InChI is InChI=1S/C48H31N3S/c1-2-13-32(14-3-1)50-43-21-10-6-17-38(43)40-31-35(29-30-44(40)50)49(45-22-12-24-47-48(45)39-18-7-11-23-46(39)52-47)33-25-27-34(28-26-33)51-41-19-8-4-15-36(41)37-16-5-9-20-42(37)51/h1-31H. The van der Waals surface area contributed by atoms with E-state index >= 15 is 0 Å². The van der Waals surface area contributed by atoms with E-state index in [0.717, 1.165) is 22.7 Å². The summed E-state index contributed by atoms with van der Waals surface area (Å²) >= 11 is 1.86. The Labute approximate surface area is 304 Å². The molecule has 3 aromatic heterocycles. The average Bonchev–Trinajstić information content (AvgIpc) is 3.87. The molecule has 0 radical (unpaired) electrons. The highest BCUT2D eigenvalue weighted by Crippen LogP contribution is 2.46. The van der Waals surface area contributed by atoms with Crippen LogP contribution in [-0.2, 0) is 0 Å². The maximum Gasteiger partial charge on any atom is 0.0554 e. The topological polar surface area (TPSA) is 13.1 Å². The average molecular weight is 682 g/mol. The lowest BCUT2D eigenvalue weighted by Crippen LogP contribution is -2.10. The first kappa shape index (κ1) is 29.1. The van der Waals surface area contributed by atoms with Crippen LogP contribution in [0.1, 0.15) is 0 Å². The highest BCUT2D eigenvalue weighted by Gasteiger charge is 2.21. The number of nitrogens with zero attached hydrogens (tertiary/aromatic N) is 3. The molecule has 11 aromatic rings. The number of para-hydroxylation sites is 4. The molecule has 0 N–H and O–H groups in total. The highest BCUT2D eigenvalue weighted by atomic mass is 32.1. The molecule has 0 saturated heterocycles. The molecule has 0 amide bonds. The van der Waals surface area contributed by atoms with Gasteiger partial charge in [0.05, 0.1) is 27.8 Å². The maximum atomic E-state index is 2.45. The van der Waals surface area contributed by atoms with E-state index in [0.29, 0.717) is 0 Å². The molecule has 0 atom stereocenters. The number of hydrogen-bond acceptors (Lipinski definition) is 2. The van der Waals surface area contributed by atoms with Gasteiger partial charge in [-0.2, -0.15) is 0 Å². The van der Waals surface area contributed by atoms with Gasteiger partial charge in [-0.25, -0.2) is 0 Å². The predicted molar refractivity (Wildman–Crippen MR) is 223 cm³/mol. The zero-order valence-electron chi connectivity index (χ0n) is 28.1. The van der Waals surface area contributed by atoms with Gasteiger partial charge >= 0.3 is 0 Å². The van der Waals surface area contributed by atoms with E-state index < -0.39 is 0 Å². The van der Waals surface area contributed by atoms with Crippen molar-refractivity contribution >= 4 is 92.2 Å². The Balaban J connectivity index is 1.15. The van der Waals surface area contributed by atoms with E-state index in [1.807, 2.05) is 11.3 Å². The second-order valence-electron chi connectivity index (χ2n) is 13.4. The molecule has 4 heteroatoms. The third kappa shape index (κ3) is 4.31. The molecule has 8 aromatic carbocycles. The second-order valence-corrected chi connectivity index (χ2v) is 14.4. The zero-order chi connectivity index (χ0) is 34.2. The van der Waals surface area contributed by atoms with E-state index in [1.54, 1.807) is 0 Å². The van der Waals surface area contributed by atoms with Crippen LogP contribution in [0.5, 0.6) is 0 Å². The lowest BCUT2D eigenvalue weighted by Gasteiger charge is -2.27. The highest BCUT2D eigenvalue weighted by molar-refractivity contribution is 7.26. The molecule has 0 bridgehead atoms. The molecule has 3 nitrogen and oxygen atoms in total. The molecule has 0 spiro atoms. The third-order valence-corrected chi connectivity index (χ3v) is 11.6. The molecule has 0 saturated carbocycles. The molecule has 244 valence electrons. The smallest absolute Gasteiger partial charge is 0.0554 e. The van der Waals surface area contributed by atoms with Gasteiger partial charge in [0.2, 0.25) is 0 Å². The van der Waals surface area contributed by atoms with Crippen LogP contribution < -0.4 is 4.90 Å². The summed E-state index contributed by atoms with van der Waals surface area (Å²) in [5.74, 6) is 0. The van der Waals surface area contributed by atoms with Gasteiger partial charge in [-0.3, -0.25) is 0 Å². The Kier molecular flexibility index (Phi) is 6.42. The lowest BCUT2D eigenvalue weighted by molar-refractivity contribution is 1.17. The van der Waals surface area contributed by atoms with Gasteiger partial charge in [0.15, 0.2) is 0 Å². The Morgan fingerprint density at radius 2 is 0.846 bits per heavy atom. The summed E-state index contributed by atoms with van der Waals surface area (Å²) in [6, 6.07) is 68.4. The van der Waals surface area contributed by atoms with Gasteiger partial charge in [0.1, 0.15) is 0 Å². The van der Waals surface area contributed by atoms with Crippen molar-refractivity contribution in [3.63, 3.8) is 0 Å². The first-order chi connectivity index (χ1) is 25.8. The molecule has 0 aliphatic heterocycles. The summed E-state index contributed by atoms with van der Waals surface area (Å²) in [5, 5.41) is 7.56. The minimum Gasteiger partial charge on any atom is -0.310 e. The van der Waals surface area contributed by atoms with Gasteiger partial charge in [-0.15, -0.1) is 11.3 Å². The molecule has 0 aliphatic rings. The molecule has 0 aliphatic carbocycles. The Morgan fingerprint density at radius 3 is 1.52 bits per heavy atom. The minimum atomic E-state index is 1.11. The SMILES string of the molecule is c1ccc(-n2c3ccccc3c3cc(N(c4ccc(-n5c6ccccc6c6ccccc65)cc4)c4cccc5sc6ccccc6c45)ccc32)cc1. The summed E-state index contributed by atoms with van der Waals surface area (Å²) < 4.78 is 7.35. The monoisotopic (exact) mass is 681 g/mol. The van der Waals surface area contributed by atoms with Crippen molar-refractivity contribution in [2.75, 3.05) is 4.90 Å². The number of fused-ring (bicyclic) bond motifs is 9. The van der Waals surface area contributed by atoms with Crippen molar-refractivity contribution in [2.24, 2.45) is 0 Å². The first-order valence-electron chi connectivity index (χ1n) is 17.7. The summed E-state index contributed by atoms with van der Waals surface area (Å²) in [6.07, 6.45) is 0. The lowest BCUT2D eigenvalue weighted by atomic mass is 10.1. The van der Waals surface area contributed by atoms with Crippen molar-refractivity contribution in [1.29, 1.82) is 0 Å². The minimum absolute atomic E-state index is 1.11. The molecule has 0 unspecified atom stereocenters. The number of benzene rings is 8. The van der Waals surface area contributed by atoms with Crippen LogP contribution >= 0.6 is 11.3 Å². The van der Waals surface area contributed by atoms with E-state index in [9.17, 15) is 0 Å². The van der Waals surface area contributed by atoms with Crippen LogP contribution in [0, 0.1) is 0 Å². The summed E-state index contributed by atoms with van der Waals surface area (Å²) in [5.41, 5.74) is 10.5. The van der Waals surface area contributed by atoms with Gasteiger partial charge in [-0.1, -0.05) is 97.1 Å². The number of anilines is 3. The van der Waals surface area contributed by atoms with Crippen molar-refractivity contribution < 1.29 is 0 Å². The fourth-order valence-electron chi connectivity index (χ4n) is 8.28.